The Balaban J connectivity index is 1.80. The molecule has 0 atom stereocenters. The third-order valence-corrected chi connectivity index (χ3v) is 4.50. The summed E-state index contributed by atoms with van der Waals surface area (Å²) in [6.07, 6.45) is 5.08. The molecule has 0 saturated carbocycles. The summed E-state index contributed by atoms with van der Waals surface area (Å²) < 4.78 is 2.00. The molecule has 0 fully saturated rings. The lowest BCUT2D eigenvalue weighted by Gasteiger charge is -2.03. The van der Waals surface area contributed by atoms with Crippen LogP contribution < -0.4 is 5.32 Å². The first-order chi connectivity index (χ1) is 10.7. The van der Waals surface area contributed by atoms with Gasteiger partial charge in [-0.15, -0.1) is 10.2 Å². The molecule has 5 nitrogen and oxygen atoms in total. The highest BCUT2D eigenvalue weighted by atomic mass is 32.1. The zero-order chi connectivity index (χ0) is 15.5. The van der Waals surface area contributed by atoms with E-state index < -0.39 is 0 Å². The topological polar surface area (TPSA) is 59.8 Å². The number of benzene rings is 1. The van der Waals surface area contributed by atoms with E-state index >= 15 is 0 Å². The molecule has 2 heterocycles. The SMILES string of the molecule is CCCCc1nnc(NC(=O)c2cccc3c2ccn3C)s1. The van der Waals surface area contributed by atoms with Gasteiger partial charge in [0, 0.05) is 36.1 Å². The Morgan fingerprint density at radius 1 is 1.32 bits per heavy atom. The molecule has 0 radical (unpaired) electrons. The monoisotopic (exact) mass is 314 g/mol. The maximum absolute atomic E-state index is 12.5. The Morgan fingerprint density at radius 2 is 2.18 bits per heavy atom. The quantitative estimate of drug-likeness (QED) is 0.782. The average molecular weight is 314 g/mol. The maximum atomic E-state index is 12.5. The molecule has 3 aromatic rings. The van der Waals surface area contributed by atoms with Crippen molar-refractivity contribution in [1.29, 1.82) is 0 Å². The molecule has 3 rings (SSSR count). The Labute approximate surface area is 133 Å². The summed E-state index contributed by atoms with van der Waals surface area (Å²) in [6.45, 7) is 2.14. The number of carbonyl (C=O) groups is 1. The third kappa shape index (κ3) is 2.87. The highest BCUT2D eigenvalue weighted by molar-refractivity contribution is 7.15. The zero-order valence-electron chi connectivity index (χ0n) is 12.7. The highest BCUT2D eigenvalue weighted by Crippen LogP contribution is 2.22. The number of unbranched alkanes of at least 4 members (excludes halogenated alkanes) is 1. The Morgan fingerprint density at radius 3 is 3.00 bits per heavy atom. The van der Waals surface area contributed by atoms with Gasteiger partial charge in [0.05, 0.1) is 0 Å². The summed E-state index contributed by atoms with van der Waals surface area (Å²) >= 11 is 1.45. The number of hydrogen-bond donors (Lipinski definition) is 1. The fraction of sp³-hybridized carbons (Fsp3) is 0.312. The molecule has 0 unspecified atom stereocenters. The molecule has 22 heavy (non-hydrogen) atoms. The van der Waals surface area contributed by atoms with Gasteiger partial charge >= 0.3 is 0 Å². The lowest BCUT2D eigenvalue weighted by atomic mass is 10.1. The van der Waals surface area contributed by atoms with E-state index in [1.54, 1.807) is 0 Å². The molecule has 0 saturated heterocycles. The van der Waals surface area contributed by atoms with E-state index in [-0.39, 0.29) is 5.91 Å². The molecule has 6 heteroatoms. The third-order valence-electron chi connectivity index (χ3n) is 3.60. The van der Waals surface area contributed by atoms with Crippen LogP contribution in [0.15, 0.2) is 30.5 Å². The van der Waals surface area contributed by atoms with Crippen LogP contribution in [0.2, 0.25) is 0 Å². The van der Waals surface area contributed by atoms with Gasteiger partial charge in [-0.2, -0.15) is 0 Å². The molecule has 1 aromatic carbocycles. The number of amides is 1. The van der Waals surface area contributed by atoms with Gasteiger partial charge in [-0.3, -0.25) is 10.1 Å². The number of nitrogens with zero attached hydrogens (tertiary/aromatic N) is 3. The molecule has 1 amide bonds. The van der Waals surface area contributed by atoms with Crippen LogP contribution in [0.3, 0.4) is 0 Å². The van der Waals surface area contributed by atoms with Gasteiger partial charge in [-0.1, -0.05) is 30.7 Å². The highest BCUT2D eigenvalue weighted by Gasteiger charge is 2.14. The first-order valence-electron chi connectivity index (χ1n) is 7.37. The van der Waals surface area contributed by atoms with Crippen molar-refractivity contribution in [1.82, 2.24) is 14.8 Å². The second-order valence-electron chi connectivity index (χ2n) is 5.22. The van der Waals surface area contributed by atoms with E-state index in [0.717, 1.165) is 35.2 Å². The number of carbonyl (C=O) groups excluding carboxylic acids is 1. The molecule has 1 N–H and O–H groups in total. The summed E-state index contributed by atoms with van der Waals surface area (Å²) in [6, 6.07) is 7.68. The fourth-order valence-corrected chi connectivity index (χ4v) is 3.17. The van der Waals surface area contributed by atoms with Crippen LogP contribution >= 0.6 is 11.3 Å². The number of rotatable bonds is 5. The fourth-order valence-electron chi connectivity index (χ4n) is 2.40. The summed E-state index contributed by atoms with van der Waals surface area (Å²) in [5.74, 6) is -0.144. The number of hydrogen-bond acceptors (Lipinski definition) is 4. The Bertz CT molecular complexity index is 805. The molecule has 0 aliphatic rings. The second-order valence-corrected chi connectivity index (χ2v) is 6.29. The summed E-state index contributed by atoms with van der Waals surface area (Å²) in [5.41, 5.74) is 1.69. The van der Waals surface area contributed by atoms with Crippen molar-refractivity contribution < 1.29 is 4.79 Å². The van der Waals surface area contributed by atoms with Crippen LogP contribution in [-0.4, -0.2) is 20.7 Å². The van der Waals surface area contributed by atoms with Crippen LogP contribution in [0, 0.1) is 0 Å². The van der Waals surface area contributed by atoms with Crippen LogP contribution in [0.1, 0.15) is 35.1 Å². The molecule has 114 valence electrons. The van der Waals surface area contributed by atoms with Gasteiger partial charge in [-0.05, 0) is 24.6 Å². The zero-order valence-corrected chi connectivity index (χ0v) is 13.5. The van der Waals surface area contributed by atoms with Gasteiger partial charge in [0.2, 0.25) is 5.13 Å². The molecule has 2 aromatic heterocycles. The lowest BCUT2D eigenvalue weighted by molar-refractivity contribution is 0.102. The molecule has 0 spiro atoms. The van der Waals surface area contributed by atoms with Crippen molar-refractivity contribution in [3.8, 4) is 0 Å². The van der Waals surface area contributed by atoms with E-state index in [0.29, 0.717) is 10.7 Å². The number of anilines is 1. The van der Waals surface area contributed by atoms with E-state index in [9.17, 15) is 4.79 Å². The predicted molar refractivity (Wildman–Crippen MR) is 89.4 cm³/mol. The van der Waals surface area contributed by atoms with E-state index in [1.165, 1.54) is 11.3 Å². The molecular weight excluding hydrogens is 296 g/mol. The summed E-state index contributed by atoms with van der Waals surface area (Å²) in [4.78, 5) is 12.5. The minimum atomic E-state index is -0.144. The van der Waals surface area contributed by atoms with E-state index in [4.69, 9.17) is 0 Å². The molecular formula is C16H18N4OS. The predicted octanol–water partition coefficient (Wildman–Crippen LogP) is 3.62. The van der Waals surface area contributed by atoms with Crippen LogP contribution in [0.5, 0.6) is 0 Å². The first-order valence-corrected chi connectivity index (χ1v) is 8.18. The number of nitrogens with one attached hydrogen (secondary N) is 1. The first kappa shape index (κ1) is 14.7. The largest absolute Gasteiger partial charge is 0.351 e. The van der Waals surface area contributed by atoms with Crippen LogP contribution in [0.4, 0.5) is 5.13 Å². The van der Waals surface area contributed by atoms with Gasteiger partial charge in [0.1, 0.15) is 5.01 Å². The normalized spacial score (nSPS) is 11.0. The van der Waals surface area contributed by atoms with Crippen LogP contribution in [-0.2, 0) is 13.5 Å². The van der Waals surface area contributed by atoms with Crippen molar-refractivity contribution in [2.75, 3.05) is 5.32 Å². The molecule has 0 bridgehead atoms. The second kappa shape index (κ2) is 6.27. The van der Waals surface area contributed by atoms with Crippen molar-refractivity contribution in [2.24, 2.45) is 7.05 Å². The van der Waals surface area contributed by atoms with Crippen molar-refractivity contribution in [3.63, 3.8) is 0 Å². The van der Waals surface area contributed by atoms with Crippen molar-refractivity contribution >= 4 is 33.3 Å². The van der Waals surface area contributed by atoms with Gasteiger partial charge in [-0.25, -0.2) is 0 Å². The standard InChI is InChI=1S/C16H18N4OS/c1-3-4-8-14-18-19-16(22-14)17-15(21)12-6-5-7-13-11(12)9-10-20(13)2/h5-7,9-10H,3-4,8H2,1-2H3,(H,17,19,21). The number of aromatic nitrogens is 3. The van der Waals surface area contributed by atoms with Crippen LogP contribution in [0.25, 0.3) is 10.9 Å². The lowest BCUT2D eigenvalue weighted by Crippen LogP contribution is -2.12. The minimum Gasteiger partial charge on any atom is -0.351 e. The average Bonchev–Trinajstić information content (AvgIpc) is 3.12. The van der Waals surface area contributed by atoms with E-state index in [1.807, 2.05) is 42.1 Å². The minimum absolute atomic E-state index is 0.144. The molecule has 0 aliphatic carbocycles. The van der Waals surface area contributed by atoms with Crippen molar-refractivity contribution in [3.05, 3.63) is 41.0 Å². The maximum Gasteiger partial charge on any atom is 0.258 e. The van der Waals surface area contributed by atoms with Gasteiger partial charge in [0.25, 0.3) is 5.91 Å². The Hall–Kier alpha value is -2.21. The number of aryl methyl sites for hydroxylation is 2. The summed E-state index contributed by atoms with van der Waals surface area (Å²) in [5, 5.41) is 13.5. The van der Waals surface area contributed by atoms with E-state index in [2.05, 4.69) is 22.4 Å². The number of fused-ring (bicyclic) bond motifs is 1. The summed E-state index contributed by atoms with van der Waals surface area (Å²) in [7, 11) is 1.97. The smallest absolute Gasteiger partial charge is 0.258 e. The molecule has 0 aliphatic heterocycles. The van der Waals surface area contributed by atoms with Crippen molar-refractivity contribution in [2.45, 2.75) is 26.2 Å². The van der Waals surface area contributed by atoms with Gasteiger partial charge in [0.15, 0.2) is 0 Å². The van der Waals surface area contributed by atoms with Gasteiger partial charge < -0.3 is 4.57 Å². The Kier molecular flexibility index (Phi) is 4.20.